The molecule has 0 fully saturated rings. The second-order valence-corrected chi connectivity index (χ2v) is 3.29. The first kappa shape index (κ1) is 9.00. The molecule has 0 saturated carbocycles. The number of aromatic nitrogens is 1. The molecule has 0 radical (unpaired) electrons. The van der Waals surface area contributed by atoms with Gasteiger partial charge in [-0.3, -0.25) is 4.98 Å². The number of pyridine rings is 1. The lowest BCUT2D eigenvalue weighted by Crippen LogP contribution is -1.88. The van der Waals surface area contributed by atoms with E-state index in [0.717, 1.165) is 25.0 Å². The van der Waals surface area contributed by atoms with Crippen LogP contribution in [-0.2, 0) is 12.8 Å². The van der Waals surface area contributed by atoms with Gasteiger partial charge in [0.1, 0.15) is 5.76 Å². The SMILES string of the molecule is c1coc(CCCc2ccncc2)c1. The zero-order valence-electron chi connectivity index (χ0n) is 8.02. The Kier molecular flexibility index (Phi) is 2.96. The van der Waals surface area contributed by atoms with Gasteiger partial charge in [-0.15, -0.1) is 0 Å². The summed E-state index contributed by atoms with van der Waals surface area (Å²) in [5.74, 6) is 1.07. The van der Waals surface area contributed by atoms with Crippen molar-refractivity contribution in [2.45, 2.75) is 19.3 Å². The van der Waals surface area contributed by atoms with E-state index in [0.29, 0.717) is 0 Å². The van der Waals surface area contributed by atoms with Gasteiger partial charge in [-0.2, -0.15) is 0 Å². The summed E-state index contributed by atoms with van der Waals surface area (Å²) >= 11 is 0. The van der Waals surface area contributed by atoms with Crippen molar-refractivity contribution in [2.75, 3.05) is 0 Å². The molecule has 2 rings (SSSR count). The molecule has 0 unspecified atom stereocenters. The van der Waals surface area contributed by atoms with Crippen molar-refractivity contribution in [3.05, 3.63) is 54.2 Å². The Hall–Kier alpha value is -1.57. The first-order chi connectivity index (χ1) is 6.95. The third kappa shape index (κ3) is 2.46. The van der Waals surface area contributed by atoms with Crippen molar-refractivity contribution in [1.29, 1.82) is 0 Å². The van der Waals surface area contributed by atoms with Crippen LogP contribution in [0.3, 0.4) is 0 Å². The molecule has 0 aliphatic rings. The third-order valence-electron chi connectivity index (χ3n) is 2.22. The molecule has 0 N–H and O–H groups in total. The molecule has 0 amide bonds. The fourth-order valence-electron chi connectivity index (χ4n) is 1.47. The lowest BCUT2D eigenvalue weighted by atomic mass is 10.1. The molecule has 0 aliphatic heterocycles. The summed E-state index contributed by atoms with van der Waals surface area (Å²) in [6, 6.07) is 8.07. The quantitative estimate of drug-likeness (QED) is 0.735. The molecule has 0 atom stereocenters. The Morgan fingerprint density at radius 2 is 1.93 bits per heavy atom. The largest absolute Gasteiger partial charge is 0.469 e. The highest BCUT2D eigenvalue weighted by atomic mass is 16.3. The molecule has 0 spiro atoms. The molecule has 2 aromatic heterocycles. The number of hydrogen-bond acceptors (Lipinski definition) is 2. The molecule has 2 heteroatoms. The molecule has 0 aliphatic carbocycles. The van der Waals surface area contributed by atoms with Crippen LogP contribution < -0.4 is 0 Å². The van der Waals surface area contributed by atoms with E-state index in [1.165, 1.54) is 5.56 Å². The summed E-state index contributed by atoms with van der Waals surface area (Å²) in [4.78, 5) is 3.98. The summed E-state index contributed by atoms with van der Waals surface area (Å²) < 4.78 is 5.26. The van der Waals surface area contributed by atoms with Crippen LogP contribution in [0.4, 0.5) is 0 Å². The molecule has 72 valence electrons. The first-order valence-corrected chi connectivity index (χ1v) is 4.86. The van der Waals surface area contributed by atoms with Crippen LogP contribution in [-0.4, -0.2) is 4.98 Å². The van der Waals surface area contributed by atoms with Crippen LogP contribution in [0.15, 0.2) is 47.3 Å². The fourth-order valence-corrected chi connectivity index (χ4v) is 1.47. The maximum absolute atomic E-state index is 5.26. The van der Waals surface area contributed by atoms with Crippen LogP contribution in [0.25, 0.3) is 0 Å². The molecule has 14 heavy (non-hydrogen) atoms. The van der Waals surface area contributed by atoms with Crippen LogP contribution in [0.2, 0.25) is 0 Å². The van der Waals surface area contributed by atoms with E-state index in [2.05, 4.69) is 17.1 Å². The zero-order chi connectivity index (χ0) is 9.64. The molecule has 2 aromatic rings. The van der Waals surface area contributed by atoms with Gasteiger partial charge in [0.05, 0.1) is 6.26 Å². The van der Waals surface area contributed by atoms with Crippen molar-refractivity contribution < 1.29 is 4.42 Å². The van der Waals surface area contributed by atoms with Crippen LogP contribution in [0.5, 0.6) is 0 Å². The molecular weight excluding hydrogens is 174 g/mol. The van der Waals surface area contributed by atoms with Gasteiger partial charge in [-0.25, -0.2) is 0 Å². The highest BCUT2D eigenvalue weighted by molar-refractivity contribution is 5.10. The normalized spacial score (nSPS) is 10.3. The van der Waals surface area contributed by atoms with E-state index < -0.39 is 0 Å². The fraction of sp³-hybridized carbons (Fsp3) is 0.250. The van der Waals surface area contributed by atoms with E-state index in [9.17, 15) is 0 Å². The minimum Gasteiger partial charge on any atom is -0.469 e. The Labute approximate surface area is 83.6 Å². The maximum atomic E-state index is 5.26. The van der Waals surface area contributed by atoms with Gasteiger partial charge in [0.2, 0.25) is 0 Å². The second-order valence-electron chi connectivity index (χ2n) is 3.29. The van der Waals surface area contributed by atoms with E-state index in [-0.39, 0.29) is 0 Å². The predicted octanol–water partition coefficient (Wildman–Crippen LogP) is 2.85. The first-order valence-electron chi connectivity index (χ1n) is 4.86. The molecule has 2 nitrogen and oxygen atoms in total. The predicted molar refractivity (Wildman–Crippen MR) is 55.0 cm³/mol. The van der Waals surface area contributed by atoms with E-state index in [4.69, 9.17) is 4.42 Å². The van der Waals surface area contributed by atoms with Crippen molar-refractivity contribution in [1.82, 2.24) is 4.98 Å². The smallest absolute Gasteiger partial charge is 0.103 e. The Morgan fingerprint density at radius 3 is 2.64 bits per heavy atom. The van der Waals surface area contributed by atoms with E-state index in [1.807, 2.05) is 24.5 Å². The summed E-state index contributed by atoms with van der Waals surface area (Å²) in [5.41, 5.74) is 1.34. The second kappa shape index (κ2) is 4.61. The van der Waals surface area contributed by atoms with Gasteiger partial charge in [0.25, 0.3) is 0 Å². The summed E-state index contributed by atoms with van der Waals surface area (Å²) in [6.45, 7) is 0. The van der Waals surface area contributed by atoms with Crippen LogP contribution in [0.1, 0.15) is 17.7 Å². The molecule has 0 bridgehead atoms. The Morgan fingerprint density at radius 1 is 1.07 bits per heavy atom. The molecular formula is C12H13NO. The minimum absolute atomic E-state index is 1.01. The number of aryl methyl sites for hydroxylation is 2. The van der Waals surface area contributed by atoms with Gasteiger partial charge in [0, 0.05) is 18.8 Å². The Bertz CT molecular complexity index is 353. The minimum atomic E-state index is 1.01. The molecule has 0 saturated heterocycles. The van der Waals surface area contributed by atoms with Crippen LogP contribution in [0, 0.1) is 0 Å². The summed E-state index contributed by atoms with van der Waals surface area (Å²) in [7, 11) is 0. The number of rotatable bonds is 4. The van der Waals surface area contributed by atoms with Gasteiger partial charge in [-0.1, -0.05) is 0 Å². The highest BCUT2D eigenvalue weighted by Crippen LogP contribution is 2.07. The van der Waals surface area contributed by atoms with Gasteiger partial charge >= 0.3 is 0 Å². The Balaban J connectivity index is 1.79. The number of hydrogen-bond donors (Lipinski definition) is 0. The number of furan rings is 1. The third-order valence-corrected chi connectivity index (χ3v) is 2.22. The van der Waals surface area contributed by atoms with Crippen molar-refractivity contribution in [3.8, 4) is 0 Å². The standard InChI is InChI=1S/C12H13NO/c1(4-12-5-2-10-14-12)3-11-6-8-13-9-7-11/h2,5-10H,1,3-4H2. The average Bonchev–Trinajstić information content (AvgIpc) is 2.72. The summed E-state index contributed by atoms with van der Waals surface area (Å²) in [6.07, 6.45) is 8.61. The monoisotopic (exact) mass is 187 g/mol. The van der Waals surface area contributed by atoms with Crippen molar-refractivity contribution in [2.24, 2.45) is 0 Å². The van der Waals surface area contributed by atoms with Gasteiger partial charge in [0.15, 0.2) is 0 Å². The van der Waals surface area contributed by atoms with Crippen molar-refractivity contribution >= 4 is 0 Å². The lowest BCUT2D eigenvalue weighted by Gasteiger charge is -1.98. The topological polar surface area (TPSA) is 26.0 Å². The molecule has 2 heterocycles. The summed E-state index contributed by atoms with van der Waals surface area (Å²) in [5, 5.41) is 0. The zero-order valence-corrected chi connectivity index (χ0v) is 8.02. The lowest BCUT2D eigenvalue weighted by molar-refractivity contribution is 0.502. The average molecular weight is 187 g/mol. The highest BCUT2D eigenvalue weighted by Gasteiger charge is 1.96. The van der Waals surface area contributed by atoms with Crippen LogP contribution >= 0.6 is 0 Å². The molecule has 0 aromatic carbocycles. The maximum Gasteiger partial charge on any atom is 0.103 e. The van der Waals surface area contributed by atoms with E-state index >= 15 is 0 Å². The van der Waals surface area contributed by atoms with Crippen molar-refractivity contribution in [3.63, 3.8) is 0 Å². The van der Waals surface area contributed by atoms with Gasteiger partial charge < -0.3 is 4.42 Å². The van der Waals surface area contributed by atoms with E-state index in [1.54, 1.807) is 6.26 Å². The van der Waals surface area contributed by atoms with Gasteiger partial charge in [-0.05, 0) is 42.7 Å². The number of nitrogens with zero attached hydrogens (tertiary/aromatic N) is 1.